The van der Waals surface area contributed by atoms with Gasteiger partial charge in [-0.25, -0.2) is 0 Å². The van der Waals surface area contributed by atoms with Crippen LogP contribution in [0.15, 0.2) is 47.5 Å². The van der Waals surface area contributed by atoms with Gasteiger partial charge in [-0.05, 0) is 22.8 Å². The molecule has 1 amide bonds. The first kappa shape index (κ1) is 21.5. The van der Waals surface area contributed by atoms with E-state index in [1.807, 2.05) is 30.5 Å². The van der Waals surface area contributed by atoms with Crippen molar-refractivity contribution >= 4 is 34.4 Å². The first-order valence-electron chi connectivity index (χ1n) is 10.4. The highest BCUT2D eigenvalue weighted by Crippen LogP contribution is 2.22. The minimum absolute atomic E-state index is 0.0601. The van der Waals surface area contributed by atoms with E-state index in [4.69, 9.17) is 0 Å². The monoisotopic (exact) mass is 412 g/mol. The van der Waals surface area contributed by atoms with Crippen molar-refractivity contribution in [1.29, 1.82) is 0 Å². The summed E-state index contributed by atoms with van der Waals surface area (Å²) in [4.78, 5) is 18.4. The van der Waals surface area contributed by atoms with Crippen molar-refractivity contribution in [3.63, 3.8) is 0 Å². The number of likely N-dealkylation sites (tertiary alicyclic amines) is 1. The number of fused-ring (bicyclic) bond motifs is 1. The Balaban J connectivity index is 1.39. The molecular weight excluding hydrogens is 380 g/mol. The molecule has 0 bridgehead atoms. The third-order valence-electron chi connectivity index (χ3n) is 5.23. The van der Waals surface area contributed by atoms with Crippen molar-refractivity contribution in [3.05, 3.63) is 48.0 Å². The molecule has 6 heteroatoms. The molecule has 1 heterocycles. The summed E-state index contributed by atoms with van der Waals surface area (Å²) in [5, 5.41) is 9.50. The first-order chi connectivity index (χ1) is 14.1. The Morgan fingerprint density at radius 2 is 2.03 bits per heavy atom. The number of nitrogens with zero attached hydrogens (tertiary/aromatic N) is 2. The van der Waals surface area contributed by atoms with Crippen LogP contribution < -0.4 is 10.6 Å². The van der Waals surface area contributed by atoms with Gasteiger partial charge >= 0.3 is 0 Å². The number of carbonyl (C=O) groups is 1. The highest BCUT2D eigenvalue weighted by molar-refractivity contribution is 7.98. The lowest BCUT2D eigenvalue weighted by Gasteiger charge is -2.20. The summed E-state index contributed by atoms with van der Waals surface area (Å²) in [5.74, 6) is 3.13. The first-order valence-corrected chi connectivity index (χ1v) is 11.5. The van der Waals surface area contributed by atoms with Crippen molar-refractivity contribution in [3.8, 4) is 0 Å². The third-order valence-corrected chi connectivity index (χ3v) is 6.24. The van der Waals surface area contributed by atoms with Crippen LogP contribution in [0.3, 0.4) is 0 Å². The molecule has 1 aliphatic heterocycles. The van der Waals surface area contributed by atoms with Gasteiger partial charge in [0.25, 0.3) is 0 Å². The summed E-state index contributed by atoms with van der Waals surface area (Å²) < 4.78 is 0. The molecule has 0 radical (unpaired) electrons. The molecule has 1 fully saturated rings. The molecule has 1 saturated heterocycles. The van der Waals surface area contributed by atoms with Crippen LogP contribution in [0.1, 0.15) is 25.8 Å². The summed E-state index contributed by atoms with van der Waals surface area (Å²) in [5.41, 5.74) is 1.39. The maximum absolute atomic E-state index is 12.1. The second-order valence-electron chi connectivity index (χ2n) is 7.76. The van der Waals surface area contributed by atoms with Crippen LogP contribution >= 0.6 is 11.8 Å². The van der Waals surface area contributed by atoms with E-state index >= 15 is 0 Å². The van der Waals surface area contributed by atoms with E-state index in [0.29, 0.717) is 0 Å². The number of amides is 1. The third kappa shape index (κ3) is 5.89. The molecule has 5 nitrogen and oxygen atoms in total. The second kappa shape index (κ2) is 10.5. The Morgan fingerprint density at radius 3 is 2.83 bits per heavy atom. The number of hydrogen-bond donors (Lipinski definition) is 2. The molecule has 0 aromatic heterocycles. The zero-order chi connectivity index (χ0) is 20.6. The SMILES string of the molecule is CN=C(NCCSCc1cccc2ccccc12)NC1CCN(C(=O)C(C)C)C1. The van der Waals surface area contributed by atoms with Gasteiger partial charge in [0.15, 0.2) is 5.96 Å². The van der Waals surface area contributed by atoms with Gasteiger partial charge < -0.3 is 15.5 Å². The van der Waals surface area contributed by atoms with Crippen LogP contribution in [0.4, 0.5) is 0 Å². The average Bonchev–Trinajstić information content (AvgIpc) is 3.20. The van der Waals surface area contributed by atoms with Crippen LogP contribution in [-0.4, -0.2) is 55.2 Å². The summed E-state index contributed by atoms with van der Waals surface area (Å²) in [6, 6.07) is 15.3. The van der Waals surface area contributed by atoms with E-state index in [0.717, 1.165) is 43.5 Å². The van der Waals surface area contributed by atoms with Crippen molar-refractivity contribution in [1.82, 2.24) is 15.5 Å². The minimum atomic E-state index is 0.0601. The Morgan fingerprint density at radius 1 is 1.24 bits per heavy atom. The van der Waals surface area contributed by atoms with Crippen LogP contribution in [-0.2, 0) is 10.5 Å². The molecule has 1 atom stereocenters. The maximum atomic E-state index is 12.1. The van der Waals surface area contributed by atoms with E-state index in [2.05, 4.69) is 58.1 Å². The number of hydrogen-bond acceptors (Lipinski definition) is 3. The van der Waals surface area contributed by atoms with Crippen molar-refractivity contribution in [2.24, 2.45) is 10.9 Å². The number of rotatable bonds is 7. The fourth-order valence-electron chi connectivity index (χ4n) is 3.67. The number of thioether (sulfide) groups is 1. The molecule has 2 aromatic rings. The lowest BCUT2D eigenvalue weighted by atomic mass is 10.1. The number of nitrogens with one attached hydrogen (secondary N) is 2. The molecule has 0 aliphatic carbocycles. The Labute approximate surface area is 178 Å². The molecule has 2 aromatic carbocycles. The lowest BCUT2D eigenvalue weighted by Crippen LogP contribution is -2.45. The summed E-state index contributed by atoms with van der Waals surface area (Å²) in [6.07, 6.45) is 0.967. The van der Waals surface area contributed by atoms with E-state index in [1.165, 1.54) is 16.3 Å². The van der Waals surface area contributed by atoms with Crippen LogP contribution in [0.5, 0.6) is 0 Å². The van der Waals surface area contributed by atoms with E-state index in [1.54, 1.807) is 7.05 Å². The molecule has 1 unspecified atom stereocenters. The van der Waals surface area contributed by atoms with Gasteiger partial charge in [0, 0.05) is 50.1 Å². The average molecular weight is 413 g/mol. The molecule has 2 N–H and O–H groups in total. The molecule has 0 spiro atoms. The number of benzene rings is 2. The highest BCUT2D eigenvalue weighted by atomic mass is 32.2. The summed E-state index contributed by atoms with van der Waals surface area (Å²) >= 11 is 1.93. The fourth-order valence-corrected chi connectivity index (χ4v) is 4.54. The quantitative estimate of drug-likeness (QED) is 0.415. The van der Waals surface area contributed by atoms with Gasteiger partial charge in [-0.1, -0.05) is 56.3 Å². The van der Waals surface area contributed by atoms with Crippen molar-refractivity contribution in [2.45, 2.75) is 32.1 Å². The van der Waals surface area contributed by atoms with Crippen molar-refractivity contribution in [2.75, 3.05) is 32.4 Å². The molecule has 0 saturated carbocycles. The van der Waals surface area contributed by atoms with Gasteiger partial charge in [0.2, 0.25) is 5.91 Å². The second-order valence-corrected chi connectivity index (χ2v) is 8.86. The zero-order valence-corrected chi connectivity index (χ0v) is 18.5. The number of guanidine groups is 1. The summed E-state index contributed by atoms with van der Waals surface area (Å²) in [6.45, 7) is 6.36. The predicted molar refractivity (Wildman–Crippen MR) is 124 cm³/mol. The largest absolute Gasteiger partial charge is 0.356 e. The molecule has 156 valence electrons. The normalized spacial score (nSPS) is 17.2. The Kier molecular flexibility index (Phi) is 7.81. The standard InChI is InChI=1S/C23H32N4OS/c1-17(2)22(28)27-13-11-20(15-27)26-23(24-3)25-12-14-29-16-19-9-6-8-18-7-4-5-10-21(18)19/h4-10,17,20H,11-16H2,1-3H3,(H2,24,25,26). The summed E-state index contributed by atoms with van der Waals surface area (Å²) in [7, 11) is 1.80. The van der Waals surface area contributed by atoms with Gasteiger partial charge in [0.1, 0.15) is 0 Å². The predicted octanol–water partition coefficient (Wildman–Crippen LogP) is 3.49. The number of aliphatic imine (C=N–C) groups is 1. The van der Waals surface area contributed by atoms with Gasteiger partial charge in [-0.2, -0.15) is 11.8 Å². The molecule has 1 aliphatic rings. The Bertz CT molecular complexity index is 846. The van der Waals surface area contributed by atoms with Crippen molar-refractivity contribution < 1.29 is 4.79 Å². The van der Waals surface area contributed by atoms with E-state index < -0.39 is 0 Å². The lowest BCUT2D eigenvalue weighted by molar-refractivity contribution is -0.133. The Hall–Kier alpha value is -2.21. The van der Waals surface area contributed by atoms with Gasteiger partial charge in [-0.3, -0.25) is 9.79 Å². The maximum Gasteiger partial charge on any atom is 0.225 e. The van der Waals surface area contributed by atoms with Crippen LogP contribution in [0.25, 0.3) is 10.8 Å². The fraction of sp³-hybridized carbons (Fsp3) is 0.478. The smallest absolute Gasteiger partial charge is 0.225 e. The zero-order valence-electron chi connectivity index (χ0n) is 17.6. The molecule has 3 rings (SSSR count). The van der Waals surface area contributed by atoms with Crippen LogP contribution in [0, 0.1) is 5.92 Å². The molecular formula is C23H32N4OS. The number of carbonyl (C=O) groups excluding carboxylic acids is 1. The van der Waals surface area contributed by atoms with Gasteiger partial charge in [-0.15, -0.1) is 0 Å². The van der Waals surface area contributed by atoms with E-state index in [-0.39, 0.29) is 17.9 Å². The molecule has 29 heavy (non-hydrogen) atoms. The van der Waals surface area contributed by atoms with Gasteiger partial charge in [0.05, 0.1) is 0 Å². The topological polar surface area (TPSA) is 56.7 Å². The minimum Gasteiger partial charge on any atom is -0.356 e. The van der Waals surface area contributed by atoms with Crippen LogP contribution in [0.2, 0.25) is 0 Å². The van der Waals surface area contributed by atoms with E-state index in [9.17, 15) is 4.79 Å². The highest BCUT2D eigenvalue weighted by Gasteiger charge is 2.27.